The molecule has 0 bridgehead atoms. The van der Waals surface area contributed by atoms with Gasteiger partial charge in [0.05, 0.1) is 6.61 Å². The molecule has 0 radical (unpaired) electrons. The summed E-state index contributed by atoms with van der Waals surface area (Å²) < 4.78 is 0. The van der Waals surface area contributed by atoms with Crippen molar-refractivity contribution in [1.29, 1.82) is 0 Å². The molecule has 0 fully saturated rings. The van der Waals surface area contributed by atoms with E-state index >= 15 is 0 Å². The van der Waals surface area contributed by atoms with Crippen LogP contribution in [0.1, 0.15) is 6.92 Å². The van der Waals surface area contributed by atoms with Crippen LogP contribution in [-0.2, 0) is 0 Å². The van der Waals surface area contributed by atoms with Gasteiger partial charge in [-0.15, -0.1) is 0 Å². The monoisotopic (exact) mass is 153 g/mol. The summed E-state index contributed by atoms with van der Waals surface area (Å²) in [7, 11) is 0. The standard InChI is InChI=1S/C9H15NO/c1-3-5-9(6-4-2)10-7-8-11/h3-6,10-11H,1,7-8H2,2H3/b6-4-,9-5+. The van der Waals surface area contributed by atoms with Crippen LogP contribution >= 0.6 is 0 Å². The Morgan fingerprint density at radius 1 is 1.64 bits per heavy atom. The highest BCUT2D eigenvalue weighted by Gasteiger charge is 1.85. The normalized spacial score (nSPS) is 12.0. The van der Waals surface area contributed by atoms with Gasteiger partial charge < -0.3 is 10.4 Å². The van der Waals surface area contributed by atoms with Gasteiger partial charge in [-0.2, -0.15) is 0 Å². The molecule has 0 aliphatic carbocycles. The first-order chi connectivity index (χ1) is 5.35. The summed E-state index contributed by atoms with van der Waals surface area (Å²) in [5.74, 6) is 0. The summed E-state index contributed by atoms with van der Waals surface area (Å²) in [4.78, 5) is 0. The van der Waals surface area contributed by atoms with Crippen LogP contribution in [0, 0.1) is 0 Å². The highest BCUT2D eigenvalue weighted by Crippen LogP contribution is 1.91. The van der Waals surface area contributed by atoms with Crippen LogP contribution in [0.25, 0.3) is 0 Å². The molecule has 0 heterocycles. The summed E-state index contributed by atoms with van der Waals surface area (Å²) in [6.45, 7) is 6.24. The van der Waals surface area contributed by atoms with E-state index in [1.54, 1.807) is 6.08 Å². The van der Waals surface area contributed by atoms with Crippen molar-refractivity contribution < 1.29 is 5.11 Å². The number of aliphatic hydroxyl groups excluding tert-OH is 1. The Kier molecular flexibility index (Phi) is 6.43. The van der Waals surface area contributed by atoms with Crippen LogP contribution in [0.15, 0.2) is 36.6 Å². The Balaban J connectivity index is 3.89. The second kappa shape index (κ2) is 7.09. The molecule has 0 aromatic rings. The van der Waals surface area contributed by atoms with Crippen LogP contribution in [0.3, 0.4) is 0 Å². The van der Waals surface area contributed by atoms with Crippen LogP contribution in [-0.4, -0.2) is 18.3 Å². The molecular weight excluding hydrogens is 138 g/mol. The molecule has 11 heavy (non-hydrogen) atoms. The van der Waals surface area contributed by atoms with E-state index in [0.717, 1.165) is 5.70 Å². The van der Waals surface area contributed by atoms with Crippen molar-refractivity contribution in [3.05, 3.63) is 36.6 Å². The molecule has 0 amide bonds. The van der Waals surface area contributed by atoms with Crippen LogP contribution < -0.4 is 5.32 Å². The Bertz CT molecular complexity index is 159. The second-order valence-corrected chi connectivity index (χ2v) is 2.01. The molecule has 62 valence electrons. The van der Waals surface area contributed by atoms with E-state index in [-0.39, 0.29) is 6.61 Å². The van der Waals surface area contributed by atoms with E-state index in [9.17, 15) is 0 Å². The van der Waals surface area contributed by atoms with Crippen molar-refractivity contribution in [3.8, 4) is 0 Å². The molecule has 0 saturated carbocycles. The Morgan fingerprint density at radius 3 is 2.82 bits per heavy atom. The van der Waals surface area contributed by atoms with Gasteiger partial charge in [-0.05, 0) is 19.1 Å². The molecular formula is C9H15NO. The smallest absolute Gasteiger partial charge is 0.0604 e. The number of nitrogens with one attached hydrogen (secondary N) is 1. The minimum Gasteiger partial charge on any atom is -0.395 e. The SMILES string of the molecule is C=C/C=C(\C=C/C)NCCO. The number of hydrogen-bond donors (Lipinski definition) is 2. The molecule has 2 heteroatoms. The van der Waals surface area contributed by atoms with Gasteiger partial charge in [-0.25, -0.2) is 0 Å². The number of allylic oxidation sites excluding steroid dienone is 4. The van der Waals surface area contributed by atoms with Crippen molar-refractivity contribution in [1.82, 2.24) is 5.32 Å². The minimum atomic E-state index is 0.145. The topological polar surface area (TPSA) is 32.3 Å². The van der Waals surface area contributed by atoms with E-state index in [1.165, 1.54) is 0 Å². The number of rotatable bonds is 5. The maximum atomic E-state index is 8.51. The van der Waals surface area contributed by atoms with Crippen LogP contribution in [0.2, 0.25) is 0 Å². The van der Waals surface area contributed by atoms with E-state index in [4.69, 9.17) is 5.11 Å². The van der Waals surface area contributed by atoms with Crippen LogP contribution in [0.5, 0.6) is 0 Å². The summed E-state index contributed by atoms with van der Waals surface area (Å²) in [5, 5.41) is 11.5. The predicted octanol–water partition coefficient (Wildman–Crippen LogP) is 1.21. The Morgan fingerprint density at radius 2 is 2.36 bits per heavy atom. The molecule has 0 atom stereocenters. The average molecular weight is 153 g/mol. The number of aliphatic hydroxyl groups is 1. The maximum absolute atomic E-state index is 8.51. The molecule has 0 spiro atoms. The van der Waals surface area contributed by atoms with E-state index in [2.05, 4.69) is 11.9 Å². The Hall–Kier alpha value is -1.02. The van der Waals surface area contributed by atoms with E-state index < -0.39 is 0 Å². The van der Waals surface area contributed by atoms with Crippen molar-refractivity contribution in [2.75, 3.05) is 13.2 Å². The molecule has 0 aromatic carbocycles. The fourth-order valence-corrected chi connectivity index (χ4v) is 0.680. The minimum absolute atomic E-state index is 0.145. The first-order valence-electron chi connectivity index (χ1n) is 3.65. The number of hydrogen-bond acceptors (Lipinski definition) is 2. The fraction of sp³-hybridized carbons (Fsp3) is 0.333. The van der Waals surface area contributed by atoms with Gasteiger partial charge in [0, 0.05) is 12.2 Å². The summed E-state index contributed by atoms with van der Waals surface area (Å²) in [6.07, 6.45) is 7.42. The first-order valence-corrected chi connectivity index (χ1v) is 3.65. The molecule has 0 aliphatic rings. The molecule has 2 nitrogen and oxygen atoms in total. The van der Waals surface area contributed by atoms with Crippen molar-refractivity contribution in [2.45, 2.75) is 6.92 Å². The third-order valence-electron chi connectivity index (χ3n) is 1.08. The zero-order valence-corrected chi connectivity index (χ0v) is 6.88. The lowest BCUT2D eigenvalue weighted by Crippen LogP contribution is -2.16. The molecule has 0 unspecified atom stereocenters. The van der Waals surface area contributed by atoms with E-state index in [1.807, 2.05) is 25.2 Å². The highest BCUT2D eigenvalue weighted by molar-refractivity contribution is 5.20. The van der Waals surface area contributed by atoms with Gasteiger partial charge in [0.25, 0.3) is 0 Å². The lowest BCUT2D eigenvalue weighted by Gasteiger charge is -2.02. The second-order valence-electron chi connectivity index (χ2n) is 2.01. The Labute approximate surface area is 67.9 Å². The largest absolute Gasteiger partial charge is 0.395 e. The fourth-order valence-electron chi connectivity index (χ4n) is 0.680. The lowest BCUT2D eigenvalue weighted by atomic mass is 10.3. The molecule has 0 rings (SSSR count). The van der Waals surface area contributed by atoms with Crippen molar-refractivity contribution in [2.24, 2.45) is 0 Å². The molecule has 0 aromatic heterocycles. The van der Waals surface area contributed by atoms with Gasteiger partial charge in [-0.3, -0.25) is 0 Å². The molecule has 2 N–H and O–H groups in total. The van der Waals surface area contributed by atoms with Gasteiger partial charge >= 0.3 is 0 Å². The van der Waals surface area contributed by atoms with Gasteiger partial charge in [0.1, 0.15) is 0 Å². The predicted molar refractivity (Wildman–Crippen MR) is 48.2 cm³/mol. The molecule has 0 saturated heterocycles. The maximum Gasteiger partial charge on any atom is 0.0604 e. The third-order valence-corrected chi connectivity index (χ3v) is 1.08. The van der Waals surface area contributed by atoms with Crippen molar-refractivity contribution >= 4 is 0 Å². The van der Waals surface area contributed by atoms with E-state index in [0.29, 0.717) is 6.54 Å². The lowest BCUT2D eigenvalue weighted by molar-refractivity contribution is 0.297. The van der Waals surface area contributed by atoms with Crippen molar-refractivity contribution in [3.63, 3.8) is 0 Å². The average Bonchev–Trinajstić information content (AvgIpc) is 2.01. The first kappa shape index (κ1) is 9.98. The summed E-state index contributed by atoms with van der Waals surface area (Å²) in [5.41, 5.74) is 0.969. The van der Waals surface area contributed by atoms with Gasteiger partial charge in [0.15, 0.2) is 0 Å². The third kappa shape index (κ3) is 5.43. The van der Waals surface area contributed by atoms with Gasteiger partial charge in [0.2, 0.25) is 0 Å². The summed E-state index contributed by atoms with van der Waals surface area (Å²) in [6, 6.07) is 0. The molecule has 0 aliphatic heterocycles. The van der Waals surface area contributed by atoms with Gasteiger partial charge in [-0.1, -0.05) is 18.7 Å². The van der Waals surface area contributed by atoms with Crippen LogP contribution in [0.4, 0.5) is 0 Å². The zero-order valence-electron chi connectivity index (χ0n) is 6.88. The zero-order chi connectivity index (χ0) is 8.53. The highest BCUT2D eigenvalue weighted by atomic mass is 16.3. The quantitative estimate of drug-likeness (QED) is 0.582. The summed E-state index contributed by atoms with van der Waals surface area (Å²) >= 11 is 0.